The van der Waals surface area contributed by atoms with E-state index in [2.05, 4.69) is 37.7 Å². The van der Waals surface area contributed by atoms with Crippen LogP contribution >= 0.6 is 0 Å². The van der Waals surface area contributed by atoms with Crippen LogP contribution in [0.3, 0.4) is 0 Å². The molecule has 0 N–H and O–H groups in total. The molecule has 1 aromatic rings. The summed E-state index contributed by atoms with van der Waals surface area (Å²) in [6, 6.07) is 7.89. The van der Waals surface area contributed by atoms with E-state index in [0.29, 0.717) is 11.8 Å². The van der Waals surface area contributed by atoms with Gasteiger partial charge in [0.25, 0.3) is 0 Å². The molecule has 1 rings (SSSR count). The van der Waals surface area contributed by atoms with E-state index in [4.69, 9.17) is 6.57 Å². The van der Waals surface area contributed by atoms with E-state index >= 15 is 0 Å². The summed E-state index contributed by atoms with van der Waals surface area (Å²) in [7, 11) is 0. The zero-order valence-electron chi connectivity index (χ0n) is 8.41. The molecule has 0 heterocycles. The molecule has 0 saturated carbocycles. The molecule has 0 saturated heterocycles. The highest BCUT2D eigenvalue weighted by atomic mass is 14.6. The van der Waals surface area contributed by atoms with Crippen molar-refractivity contribution in [1.82, 2.24) is 0 Å². The van der Waals surface area contributed by atoms with Crippen LogP contribution in [0.1, 0.15) is 32.3 Å². The summed E-state index contributed by atoms with van der Waals surface area (Å²) in [6.45, 7) is 13.5. The molecule has 0 unspecified atom stereocenters. The summed E-state index contributed by atoms with van der Waals surface area (Å²) in [5, 5.41) is 0. The number of hydrogen-bond acceptors (Lipinski definition) is 0. The third-order valence-corrected chi connectivity index (χ3v) is 2.55. The van der Waals surface area contributed by atoms with Gasteiger partial charge >= 0.3 is 0 Å². The highest BCUT2D eigenvalue weighted by molar-refractivity contribution is 5.45. The molecule has 1 aromatic carbocycles. The number of nitrogens with zero attached hydrogens (tertiary/aromatic N) is 1. The lowest BCUT2D eigenvalue weighted by Gasteiger charge is -2.15. The van der Waals surface area contributed by atoms with Crippen molar-refractivity contribution in [3.05, 3.63) is 41.2 Å². The average molecular weight is 173 g/mol. The Labute approximate surface area is 80.2 Å². The Hall–Kier alpha value is -1.29. The van der Waals surface area contributed by atoms with Crippen molar-refractivity contribution in [3.63, 3.8) is 0 Å². The van der Waals surface area contributed by atoms with Crippen molar-refractivity contribution >= 4 is 5.69 Å². The first-order valence-electron chi connectivity index (χ1n) is 4.62. The molecule has 0 aliphatic rings. The van der Waals surface area contributed by atoms with Crippen LogP contribution in [0, 0.1) is 12.5 Å². The fraction of sp³-hybridized carbons (Fsp3) is 0.417. The van der Waals surface area contributed by atoms with Gasteiger partial charge in [-0.15, -0.1) is 0 Å². The van der Waals surface area contributed by atoms with Gasteiger partial charge in [-0.05, 0) is 17.4 Å². The van der Waals surface area contributed by atoms with Crippen molar-refractivity contribution in [2.24, 2.45) is 5.92 Å². The Bertz CT molecular complexity index is 303. The summed E-state index contributed by atoms with van der Waals surface area (Å²) >= 11 is 0. The van der Waals surface area contributed by atoms with E-state index in [0.717, 1.165) is 5.69 Å². The van der Waals surface area contributed by atoms with Gasteiger partial charge in [-0.2, -0.15) is 0 Å². The molecule has 0 bridgehead atoms. The van der Waals surface area contributed by atoms with Gasteiger partial charge in [0.1, 0.15) is 0 Å². The van der Waals surface area contributed by atoms with Crippen LogP contribution in [0.5, 0.6) is 0 Å². The minimum absolute atomic E-state index is 0.569. The standard InChI is InChI=1S/C12H15N/c1-9(2)10(3)11-5-7-12(13-4)8-6-11/h5-10H,1-3H3/t10-/m0/s1. The molecule has 0 radical (unpaired) electrons. The third kappa shape index (κ3) is 2.32. The highest BCUT2D eigenvalue weighted by Crippen LogP contribution is 2.25. The van der Waals surface area contributed by atoms with Gasteiger partial charge < -0.3 is 0 Å². The number of benzene rings is 1. The summed E-state index contributed by atoms with van der Waals surface area (Å²) in [4.78, 5) is 3.37. The molecular formula is C12H15N. The van der Waals surface area contributed by atoms with Crippen LogP contribution in [0.4, 0.5) is 5.69 Å². The molecule has 0 aromatic heterocycles. The molecule has 68 valence electrons. The molecule has 0 amide bonds. The van der Waals surface area contributed by atoms with Gasteiger partial charge in [0.15, 0.2) is 5.69 Å². The SMILES string of the molecule is [C-]#[N+]c1ccc([C@@H](C)C(C)C)cc1. The van der Waals surface area contributed by atoms with E-state index in [9.17, 15) is 0 Å². The van der Waals surface area contributed by atoms with Crippen LogP contribution < -0.4 is 0 Å². The Morgan fingerprint density at radius 3 is 2.00 bits per heavy atom. The Morgan fingerprint density at radius 1 is 1.08 bits per heavy atom. The van der Waals surface area contributed by atoms with Gasteiger partial charge in [0, 0.05) is 0 Å². The van der Waals surface area contributed by atoms with Crippen LogP contribution in [0.2, 0.25) is 0 Å². The molecule has 1 nitrogen and oxygen atoms in total. The van der Waals surface area contributed by atoms with Gasteiger partial charge in [-0.25, -0.2) is 4.85 Å². The lowest BCUT2D eigenvalue weighted by Crippen LogP contribution is -2.01. The first-order valence-corrected chi connectivity index (χ1v) is 4.62. The zero-order chi connectivity index (χ0) is 9.84. The largest absolute Gasteiger partial charge is 0.238 e. The second-order valence-electron chi connectivity index (χ2n) is 3.74. The molecule has 0 aliphatic heterocycles. The summed E-state index contributed by atoms with van der Waals surface area (Å²) < 4.78 is 0. The quantitative estimate of drug-likeness (QED) is 0.595. The molecule has 0 fully saturated rings. The van der Waals surface area contributed by atoms with Crippen molar-refractivity contribution in [3.8, 4) is 0 Å². The summed E-state index contributed by atoms with van der Waals surface area (Å²) in [6.07, 6.45) is 0. The topological polar surface area (TPSA) is 4.36 Å². The Kier molecular flexibility index (Phi) is 3.08. The van der Waals surface area contributed by atoms with E-state index < -0.39 is 0 Å². The third-order valence-electron chi connectivity index (χ3n) is 2.55. The first-order chi connectivity index (χ1) is 6.15. The summed E-state index contributed by atoms with van der Waals surface area (Å²) in [5.74, 6) is 1.22. The maximum atomic E-state index is 6.83. The van der Waals surface area contributed by atoms with E-state index in [1.165, 1.54) is 5.56 Å². The molecule has 13 heavy (non-hydrogen) atoms. The van der Waals surface area contributed by atoms with Crippen molar-refractivity contribution in [2.75, 3.05) is 0 Å². The second-order valence-corrected chi connectivity index (χ2v) is 3.74. The molecule has 1 heteroatoms. The fourth-order valence-corrected chi connectivity index (χ4v) is 1.24. The van der Waals surface area contributed by atoms with Gasteiger partial charge in [-0.1, -0.05) is 45.0 Å². The van der Waals surface area contributed by atoms with Gasteiger partial charge in [0.2, 0.25) is 0 Å². The van der Waals surface area contributed by atoms with Crippen LogP contribution in [0.15, 0.2) is 24.3 Å². The van der Waals surface area contributed by atoms with E-state index in [-0.39, 0.29) is 0 Å². The maximum absolute atomic E-state index is 6.83. The normalized spacial score (nSPS) is 12.5. The minimum atomic E-state index is 0.569. The summed E-state index contributed by atoms with van der Waals surface area (Å²) in [5.41, 5.74) is 2.04. The van der Waals surface area contributed by atoms with Crippen LogP contribution in [0.25, 0.3) is 4.85 Å². The lowest BCUT2D eigenvalue weighted by molar-refractivity contribution is 0.535. The van der Waals surface area contributed by atoms with Crippen LogP contribution in [-0.4, -0.2) is 0 Å². The fourth-order valence-electron chi connectivity index (χ4n) is 1.24. The number of hydrogen-bond donors (Lipinski definition) is 0. The zero-order valence-corrected chi connectivity index (χ0v) is 8.41. The van der Waals surface area contributed by atoms with Gasteiger partial charge in [0.05, 0.1) is 6.57 Å². The molecule has 1 atom stereocenters. The first kappa shape index (κ1) is 9.80. The minimum Gasteiger partial charge on any atom is -0.238 e. The molecule has 0 aliphatic carbocycles. The predicted molar refractivity (Wildman–Crippen MR) is 56.0 cm³/mol. The highest BCUT2D eigenvalue weighted by Gasteiger charge is 2.08. The van der Waals surface area contributed by atoms with Crippen molar-refractivity contribution < 1.29 is 0 Å². The van der Waals surface area contributed by atoms with E-state index in [1.807, 2.05) is 12.1 Å². The molecular weight excluding hydrogens is 158 g/mol. The lowest BCUT2D eigenvalue weighted by atomic mass is 9.90. The molecule has 0 spiro atoms. The number of rotatable bonds is 2. The Balaban J connectivity index is 2.87. The monoisotopic (exact) mass is 173 g/mol. The average Bonchev–Trinajstić information content (AvgIpc) is 2.17. The van der Waals surface area contributed by atoms with Crippen LogP contribution in [-0.2, 0) is 0 Å². The second kappa shape index (κ2) is 4.09. The van der Waals surface area contributed by atoms with E-state index in [1.54, 1.807) is 0 Å². The smallest absolute Gasteiger partial charge is 0.187 e. The van der Waals surface area contributed by atoms with Gasteiger partial charge in [-0.3, -0.25) is 0 Å². The van der Waals surface area contributed by atoms with Crippen molar-refractivity contribution in [2.45, 2.75) is 26.7 Å². The maximum Gasteiger partial charge on any atom is 0.187 e. The predicted octanol–water partition coefficient (Wildman–Crippen LogP) is 4.00. The van der Waals surface area contributed by atoms with Crippen molar-refractivity contribution in [1.29, 1.82) is 0 Å². The Morgan fingerprint density at radius 2 is 1.62 bits per heavy atom.